The standard InChI is InChI=1S/C16H21NO6/c1-16(2,21)11(14(19)22-3)12(15(20)23-4)17-13(18)10-8-6-5-7-9-10/h5-9,11-12,21H,1-4H3,(H,17,18)/t11-,12+/m1/s1. The first-order chi connectivity index (χ1) is 10.7. The minimum Gasteiger partial charge on any atom is -0.469 e. The third-order valence-electron chi connectivity index (χ3n) is 3.33. The zero-order chi connectivity index (χ0) is 17.6. The monoisotopic (exact) mass is 323 g/mol. The quantitative estimate of drug-likeness (QED) is 0.740. The summed E-state index contributed by atoms with van der Waals surface area (Å²) >= 11 is 0. The fraction of sp³-hybridized carbons (Fsp3) is 0.438. The summed E-state index contributed by atoms with van der Waals surface area (Å²) in [5, 5.41) is 12.6. The summed E-state index contributed by atoms with van der Waals surface area (Å²) < 4.78 is 9.29. The van der Waals surface area contributed by atoms with E-state index in [1.807, 2.05) is 0 Å². The van der Waals surface area contributed by atoms with Crippen molar-refractivity contribution in [2.24, 2.45) is 5.92 Å². The predicted molar refractivity (Wildman–Crippen MR) is 81.5 cm³/mol. The minimum absolute atomic E-state index is 0.306. The Bertz CT molecular complexity index is 564. The van der Waals surface area contributed by atoms with Gasteiger partial charge in [0.15, 0.2) is 0 Å². The molecule has 0 aliphatic rings. The Kier molecular flexibility index (Phi) is 6.27. The lowest BCUT2D eigenvalue weighted by atomic mass is 9.84. The normalized spacial score (nSPS) is 13.6. The van der Waals surface area contributed by atoms with Crippen LogP contribution in [0, 0.1) is 5.92 Å². The lowest BCUT2D eigenvalue weighted by molar-refractivity contribution is -0.163. The maximum Gasteiger partial charge on any atom is 0.329 e. The lowest BCUT2D eigenvalue weighted by Crippen LogP contribution is -2.56. The van der Waals surface area contributed by atoms with E-state index in [-0.39, 0.29) is 0 Å². The summed E-state index contributed by atoms with van der Waals surface area (Å²) in [5.41, 5.74) is -1.31. The number of methoxy groups -OCH3 is 2. The number of benzene rings is 1. The molecule has 2 N–H and O–H groups in total. The van der Waals surface area contributed by atoms with Crippen LogP contribution < -0.4 is 5.32 Å². The van der Waals surface area contributed by atoms with Gasteiger partial charge in [-0.05, 0) is 26.0 Å². The van der Waals surface area contributed by atoms with Gasteiger partial charge in [-0.25, -0.2) is 4.79 Å². The van der Waals surface area contributed by atoms with Gasteiger partial charge in [-0.3, -0.25) is 9.59 Å². The van der Waals surface area contributed by atoms with Crippen LogP contribution >= 0.6 is 0 Å². The molecule has 1 rings (SSSR count). The van der Waals surface area contributed by atoms with Gasteiger partial charge < -0.3 is 19.9 Å². The number of aliphatic hydroxyl groups is 1. The molecule has 0 saturated heterocycles. The second-order valence-electron chi connectivity index (χ2n) is 5.49. The summed E-state index contributed by atoms with van der Waals surface area (Å²) in [7, 11) is 2.26. The average molecular weight is 323 g/mol. The molecule has 0 aliphatic heterocycles. The minimum atomic E-state index is -1.62. The van der Waals surface area contributed by atoms with Crippen molar-refractivity contribution < 1.29 is 29.0 Å². The first-order valence-electron chi connectivity index (χ1n) is 6.96. The van der Waals surface area contributed by atoms with Crippen LogP contribution in [0.5, 0.6) is 0 Å². The molecule has 126 valence electrons. The second kappa shape index (κ2) is 7.73. The average Bonchev–Trinajstić information content (AvgIpc) is 2.52. The molecule has 7 heteroatoms. The molecule has 1 aromatic rings. The maximum absolute atomic E-state index is 12.3. The smallest absolute Gasteiger partial charge is 0.329 e. The van der Waals surface area contributed by atoms with E-state index in [9.17, 15) is 19.5 Å². The van der Waals surface area contributed by atoms with Crippen LogP contribution in [0.25, 0.3) is 0 Å². The van der Waals surface area contributed by atoms with Crippen molar-refractivity contribution in [3.63, 3.8) is 0 Å². The lowest BCUT2D eigenvalue weighted by Gasteiger charge is -2.32. The largest absolute Gasteiger partial charge is 0.469 e. The van der Waals surface area contributed by atoms with Gasteiger partial charge in [-0.2, -0.15) is 0 Å². The van der Waals surface area contributed by atoms with E-state index in [4.69, 9.17) is 0 Å². The van der Waals surface area contributed by atoms with E-state index in [1.165, 1.54) is 13.8 Å². The van der Waals surface area contributed by atoms with E-state index in [0.29, 0.717) is 5.56 Å². The number of carbonyl (C=O) groups excluding carboxylic acids is 3. The number of rotatable bonds is 6. The molecular weight excluding hydrogens is 302 g/mol. The van der Waals surface area contributed by atoms with Gasteiger partial charge in [0.25, 0.3) is 5.91 Å². The molecular formula is C16H21NO6. The fourth-order valence-corrected chi connectivity index (χ4v) is 2.18. The van der Waals surface area contributed by atoms with Crippen molar-refractivity contribution in [2.75, 3.05) is 14.2 Å². The first kappa shape index (κ1) is 18.6. The Morgan fingerprint density at radius 2 is 1.57 bits per heavy atom. The van der Waals surface area contributed by atoms with Gasteiger partial charge in [-0.1, -0.05) is 18.2 Å². The summed E-state index contributed by atoms with van der Waals surface area (Å²) in [6, 6.07) is 6.79. The zero-order valence-electron chi connectivity index (χ0n) is 13.5. The Balaban J connectivity index is 3.15. The Labute approximate surface area is 134 Å². The summed E-state index contributed by atoms with van der Waals surface area (Å²) in [5.74, 6) is -3.58. The molecule has 0 unspecified atom stereocenters. The van der Waals surface area contributed by atoms with E-state index in [2.05, 4.69) is 14.8 Å². The number of carbonyl (C=O) groups is 3. The molecule has 0 heterocycles. The van der Waals surface area contributed by atoms with Crippen molar-refractivity contribution >= 4 is 17.8 Å². The zero-order valence-corrected chi connectivity index (χ0v) is 13.5. The van der Waals surface area contributed by atoms with Crippen LogP contribution in [0.2, 0.25) is 0 Å². The van der Waals surface area contributed by atoms with Crippen LogP contribution in [-0.2, 0) is 19.1 Å². The van der Waals surface area contributed by atoms with Gasteiger partial charge in [0.1, 0.15) is 12.0 Å². The van der Waals surface area contributed by atoms with Crippen LogP contribution in [0.3, 0.4) is 0 Å². The molecule has 1 aromatic carbocycles. The summed E-state index contributed by atoms with van der Waals surface area (Å²) in [6.07, 6.45) is 0. The number of ether oxygens (including phenoxy) is 2. The van der Waals surface area contributed by atoms with Crippen LogP contribution in [-0.4, -0.2) is 48.8 Å². The van der Waals surface area contributed by atoms with Gasteiger partial charge >= 0.3 is 11.9 Å². The number of amides is 1. The number of nitrogens with one attached hydrogen (secondary N) is 1. The van der Waals surface area contributed by atoms with Gasteiger partial charge in [0.2, 0.25) is 0 Å². The van der Waals surface area contributed by atoms with Crippen molar-refractivity contribution in [2.45, 2.75) is 25.5 Å². The molecule has 0 aromatic heterocycles. The highest BCUT2D eigenvalue weighted by atomic mass is 16.5. The van der Waals surface area contributed by atoms with E-state index >= 15 is 0 Å². The molecule has 0 radical (unpaired) electrons. The van der Waals surface area contributed by atoms with Crippen LogP contribution in [0.1, 0.15) is 24.2 Å². The predicted octanol–water partition coefficient (Wildman–Crippen LogP) is 0.518. The molecule has 0 bridgehead atoms. The van der Waals surface area contributed by atoms with Gasteiger partial charge in [0.05, 0.1) is 19.8 Å². The highest BCUT2D eigenvalue weighted by Gasteiger charge is 2.45. The Hall–Kier alpha value is -2.41. The maximum atomic E-state index is 12.3. The molecule has 23 heavy (non-hydrogen) atoms. The van der Waals surface area contributed by atoms with Crippen LogP contribution in [0.4, 0.5) is 0 Å². The van der Waals surface area contributed by atoms with Crippen LogP contribution in [0.15, 0.2) is 30.3 Å². The molecule has 2 atom stereocenters. The van der Waals surface area contributed by atoms with Crippen molar-refractivity contribution in [1.82, 2.24) is 5.32 Å². The highest BCUT2D eigenvalue weighted by molar-refractivity contribution is 5.98. The first-order valence-corrected chi connectivity index (χ1v) is 6.96. The summed E-state index contributed by atoms with van der Waals surface area (Å²) in [6.45, 7) is 2.69. The molecule has 0 spiro atoms. The Morgan fingerprint density at radius 3 is 2.00 bits per heavy atom. The number of hydrogen-bond acceptors (Lipinski definition) is 6. The van der Waals surface area contributed by atoms with Crippen molar-refractivity contribution in [3.05, 3.63) is 35.9 Å². The molecule has 0 fully saturated rings. The molecule has 1 amide bonds. The van der Waals surface area contributed by atoms with E-state index in [0.717, 1.165) is 14.2 Å². The SMILES string of the molecule is COC(=O)[C@@H](NC(=O)c1ccccc1)[C@H](C(=O)OC)C(C)(C)O. The van der Waals surface area contributed by atoms with Gasteiger partial charge in [-0.15, -0.1) is 0 Å². The third-order valence-corrected chi connectivity index (χ3v) is 3.33. The Morgan fingerprint density at radius 1 is 1.04 bits per heavy atom. The highest BCUT2D eigenvalue weighted by Crippen LogP contribution is 2.23. The van der Waals surface area contributed by atoms with Crippen molar-refractivity contribution in [3.8, 4) is 0 Å². The van der Waals surface area contributed by atoms with Gasteiger partial charge in [0, 0.05) is 5.56 Å². The number of hydrogen-bond donors (Lipinski definition) is 2. The molecule has 7 nitrogen and oxygen atoms in total. The topological polar surface area (TPSA) is 102 Å². The second-order valence-corrected chi connectivity index (χ2v) is 5.49. The fourth-order valence-electron chi connectivity index (χ4n) is 2.18. The molecule has 0 aliphatic carbocycles. The van der Waals surface area contributed by atoms with Crippen molar-refractivity contribution in [1.29, 1.82) is 0 Å². The summed E-state index contributed by atoms with van der Waals surface area (Å²) in [4.78, 5) is 36.3. The number of esters is 2. The molecule has 0 saturated carbocycles. The van der Waals surface area contributed by atoms with E-state index < -0.39 is 35.4 Å². The van der Waals surface area contributed by atoms with E-state index in [1.54, 1.807) is 30.3 Å². The third kappa shape index (κ3) is 4.79.